The maximum atomic E-state index is 4.42. The van der Waals surface area contributed by atoms with E-state index >= 15 is 0 Å². The molecule has 6 heterocycles. The van der Waals surface area contributed by atoms with E-state index in [0.717, 1.165) is 34.2 Å². The van der Waals surface area contributed by atoms with Crippen LogP contribution in [0.1, 0.15) is 0 Å². The quantitative estimate of drug-likeness (QED) is 0.260. The van der Waals surface area contributed by atoms with Crippen molar-refractivity contribution in [3.63, 3.8) is 0 Å². The van der Waals surface area contributed by atoms with Crippen molar-refractivity contribution in [2.75, 3.05) is 0 Å². The summed E-state index contributed by atoms with van der Waals surface area (Å²) < 4.78 is 0. The molecule has 0 fully saturated rings. The molecule has 146 valence electrons. The van der Waals surface area contributed by atoms with E-state index in [1.54, 1.807) is 49.8 Å². The summed E-state index contributed by atoms with van der Waals surface area (Å²) in [6.45, 7) is 0. The minimum Gasteiger partial charge on any atom is -0.343 e. The van der Waals surface area contributed by atoms with Gasteiger partial charge in [-0.05, 0) is 0 Å². The van der Waals surface area contributed by atoms with Crippen LogP contribution in [0.15, 0.2) is 49.8 Å². The maximum absolute atomic E-state index is 4.42. The van der Waals surface area contributed by atoms with Gasteiger partial charge in [-0.3, -0.25) is 0 Å². The molecule has 6 aromatic heterocycles. The number of hydrogen-bond donors (Lipinski definition) is 6. The number of nitrogens with zero attached hydrogens (tertiary/aromatic N) is 6. The number of aromatic amines is 6. The molecule has 0 aliphatic carbocycles. The number of imidazole rings is 6. The summed E-state index contributed by atoms with van der Waals surface area (Å²) in [7, 11) is 0. The van der Waals surface area contributed by atoms with Gasteiger partial charge in [-0.1, -0.05) is 0 Å². The van der Waals surface area contributed by atoms with Crippen molar-refractivity contribution in [1.29, 1.82) is 0 Å². The molecular formula is C18H14N12. The highest BCUT2D eigenvalue weighted by molar-refractivity contribution is 5.63. The Labute approximate surface area is 167 Å². The van der Waals surface area contributed by atoms with Gasteiger partial charge in [-0.25, -0.2) is 29.9 Å². The van der Waals surface area contributed by atoms with Crippen LogP contribution in [0.25, 0.3) is 57.5 Å². The average molecular weight is 398 g/mol. The molecule has 12 nitrogen and oxygen atoms in total. The zero-order chi connectivity index (χ0) is 19.9. The van der Waals surface area contributed by atoms with E-state index < -0.39 is 0 Å². The van der Waals surface area contributed by atoms with Crippen molar-refractivity contribution < 1.29 is 0 Å². The summed E-state index contributed by atoms with van der Waals surface area (Å²) in [6, 6.07) is 0. The Bertz CT molecular complexity index is 1280. The van der Waals surface area contributed by atoms with Gasteiger partial charge in [0.15, 0.2) is 23.3 Å². The average Bonchev–Trinajstić information content (AvgIpc) is 3.62. The topological polar surface area (TPSA) is 172 Å². The molecule has 30 heavy (non-hydrogen) atoms. The standard InChI is InChI=1S/C18H14N12/c1-9(25-7-19-1)11-3-21-15(27-11)17-23-5-13(29-17)14-6-24-18(30-14)16-22-4-12(28-16)10-2-20-8-26-10/h1-8H,(H,19,25)(H,20,26)(H,21,27)(H,22,28)(H,23,29)(H,24,30). The monoisotopic (exact) mass is 398 g/mol. The fraction of sp³-hybridized carbons (Fsp3) is 0. The fourth-order valence-corrected chi connectivity index (χ4v) is 3.12. The second kappa shape index (κ2) is 6.41. The molecule has 0 bridgehead atoms. The van der Waals surface area contributed by atoms with Crippen LogP contribution in [0.5, 0.6) is 0 Å². The number of H-pyrrole nitrogens is 6. The van der Waals surface area contributed by atoms with Crippen LogP contribution < -0.4 is 0 Å². The van der Waals surface area contributed by atoms with Gasteiger partial charge in [0.1, 0.15) is 0 Å². The van der Waals surface area contributed by atoms with Crippen LogP contribution in [-0.2, 0) is 0 Å². The minimum atomic E-state index is 0.617. The van der Waals surface area contributed by atoms with Crippen molar-refractivity contribution >= 4 is 0 Å². The van der Waals surface area contributed by atoms with Crippen LogP contribution >= 0.6 is 0 Å². The Morgan fingerprint density at radius 3 is 1.03 bits per heavy atom. The molecule has 6 rings (SSSR count). The molecule has 0 unspecified atom stereocenters. The van der Waals surface area contributed by atoms with Crippen molar-refractivity contribution in [3.8, 4) is 57.5 Å². The summed E-state index contributed by atoms with van der Waals surface area (Å²) in [4.78, 5) is 44.7. The largest absolute Gasteiger partial charge is 0.343 e. The summed E-state index contributed by atoms with van der Waals surface area (Å²) in [5.74, 6) is 2.49. The number of aromatic nitrogens is 12. The highest BCUT2D eigenvalue weighted by Gasteiger charge is 2.14. The fourth-order valence-electron chi connectivity index (χ4n) is 3.12. The van der Waals surface area contributed by atoms with Gasteiger partial charge < -0.3 is 29.9 Å². The molecule has 0 saturated heterocycles. The Morgan fingerprint density at radius 1 is 0.400 bits per heavy atom. The first-order valence-electron chi connectivity index (χ1n) is 9.02. The Morgan fingerprint density at radius 2 is 0.733 bits per heavy atom. The van der Waals surface area contributed by atoms with Crippen LogP contribution in [0.2, 0.25) is 0 Å². The molecule has 0 aliphatic heterocycles. The van der Waals surface area contributed by atoms with E-state index in [1.165, 1.54) is 0 Å². The van der Waals surface area contributed by atoms with E-state index in [1.807, 2.05) is 0 Å². The maximum Gasteiger partial charge on any atom is 0.174 e. The van der Waals surface area contributed by atoms with E-state index in [9.17, 15) is 0 Å². The van der Waals surface area contributed by atoms with Crippen LogP contribution in [0.3, 0.4) is 0 Å². The first-order chi connectivity index (χ1) is 14.8. The first-order valence-corrected chi connectivity index (χ1v) is 9.02. The van der Waals surface area contributed by atoms with E-state index in [4.69, 9.17) is 0 Å². The van der Waals surface area contributed by atoms with Crippen molar-refractivity contribution in [1.82, 2.24) is 59.8 Å². The van der Waals surface area contributed by atoms with Crippen LogP contribution in [-0.4, -0.2) is 59.8 Å². The predicted octanol–water partition coefficient (Wildman–Crippen LogP) is 2.36. The summed E-state index contributed by atoms with van der Waals surface area (Å²) in [5.41, 5.74) is 4.93. The van der Waals surface area contributed by atoms with Crippen LogP contribution in [0, 0.1) is 0 Å². The van der Waals surface area contributed by atoms with Gasteiger partial charge in [-0.15, -0.1) is 0 Å². The molecule has 12 heteroatoms. The van der Waals surface area contributed by atoms with E-state index in [2.05, 4.69) is 59.8 Å². The molecule has 0 saturated carbocycles. The summed E-state index contributed by atoms with van der Waals surface area (Å²) >= 11 is 0. The number of nitrogens with one attached hydrogen (secondary N) is 6. The second-order valence-corrected chi connectivity index (χ2v) is 6.51. The molecule has 0 amide bonds. The van der Waals surface area contributed by atoms with Crippen molar-refractivity contribution in [2.45, 2.75) is 0 Å². The third-order valence-electron chi connectivity index (χ3n) is 4.62. The predicted molar refractivity (Wildman–Crippen MR) is 106 cm³/mol. The van der Waals surface area contributed by atoms with Gasteiger partial charge in [0.05, 0.1) is 84.0 Å². The highest BCUT2D eigenvalue weighted by atomic mass is 15.1. The molecular weight excluding hydrogens is 384 g/mol. The molecule has 0 spiro atoms. The lowest BCUT2D eigenvalue weighted by Gasteiger charge is -1.93. The lowest BCUT2D eigenvalue weighted by molar-refractivity contribution is 1.19. The Hall–Kier alpha value is -4.74. The molecule has 6 N–H and O–H groups in total. The second-order valence-electron chi connectivity index (χ2n) is 6.51. The molecule has 0 aliphatic rings. The van der Waals surface area contributed by atoms with Gasteiger partial charge in [0.25, 0.3) is 0 Å². The Balaban J connectivity index is 1.26. The van der Waals surface area contributed by atoms with Crippen molar-refractivity contribution in [3.05, 3.63) is 49.8 Å². The molecule has 6 aromatic rings. The number of hydrogen-bond acceptors (Lipinski definition) is 6. The van der Waals surface area contributed by atoms with E-state index in [0.29, 0.717) is 23.3 Å². The normalized spacial score (nSPS) is 11.3. The third kappa shape index (κ3) is 2.71. The zero-order valence-corrected chi connectivity index (χ0v) is 15.3. The minimum absolute atomic E-state index is 0.617. The smallest absolute Gasteiger partial charge is 0.174 e. The molecule has 0 aromatic carbocycles. The summed E-state index contributed by atoms with van der Waals surface area (Å²) in [5, 5.41) is 0. The third-order valence-corrected chi connectivity index (χ3v) is 4.62. The van der Waals surface area contributed by atoms with Gasteiger partial charge >= 0.3 is 0 Å². The highest BCUT2D eigenvalue weighted by Crippen LogP contribution is 2.24. The zero-order valence-electron chi connectivity index (χ0n) is 15.3. The number of rotatable bonds is 5. The van der Waals surface area contributed by atoms with Crippen LogP contribution in [0.4, 0.5) is 0 Å². The van der Waals surface area contributed by atoms with Gasteiger partial charge in [0, 0.05) is 0 Å². The van der Waals surface area contributed by atoms with Gasteiger partial charge in [0.2, 0.25) is 0 Å². The first kappa shape index (κ1) is 16.2. The lowest BCUT2D eigenvalue weighted by Crippen LogP contribution is -1.85. The van der Waals surface area contributed by atoms with Gasteiger partial charge in [-0.2, -0.15) is 0 Å². The Kier molecular flexibility index (Phi) is 3.47. The lowest BCUT2D eigenvalue weighted by atomic mass is 10.4. The van der Waals surface area contributed by atoms with E-state index in [-0.39, 0.29) is 0 Å². The summed E-state index contributed by atoms with van der Waals surface area (Å²) in [6.07, 6.45) is 13.6. The molecule has 0 radical (unpaired) electrons. The SMILES string of the molecule is c1ncc(-c2cnc(-c3ncc(-c4cnc(-c5ncc(-c6cnc[nH]6)[nH]5)[nH]4)[nH]3)[nH]2)[nH]1. The van der Waals surface area contributed by atoms with Crippen molar-refractivity contribution in [2.24, 2.45) is 0 Å². The molecule has 0 atom stereocenters.